The molecule has 3 rings (SSSR count). The highest BCUT2D eigenvalue weighted by molar-refractivity contribution is 8.01. The van der Waals surface area contributed by atoms with E-state index in [4.69, 9.17) is 17.3 Å². The third-order valence-corrected chi connectivity index (χ3v) is 5.24. The first kappa shape index (κ1) is 14.8. The van der Waals surface area contributed by atoms with Gasteiger partial charge in [-0.2, -0.15) is 0 Å². The van der Waals surface area contributed by atoms with Gasteiger partial charge in [0.25, 0.3) is 0 Å². The zero-order valence-corrected chi connectivity index (χ0v) is 13.6. The van der Waals surface area contributed by atoms with Crippen molar-refractivity contribution in [3.63, 3.8) is 0 Å². The number of hydrogen-bond donors (Lipinski definition) is 2. The summed E-state index contributed by atoms with van der Waals surface area (Å²) in [4.78, 5) is 7.95. The van der Waals surface area contributed by atoms with Gasteiger partial charge in [-0.1, -0.05) is 42.2 Å². The van der Waals surface area contributed by atoms with Crippen LogP contribution < -0.4 is 11.1 Å². The molecule has 0 radical (unpaired) electrons. The molecule has 0 saturated heterocycles. The van der Waals surface area contributed by atoms with Gasteiger partial charge in [0, 0.05) is 12.1 Å². The van der Waals surface area contributed by atoms with Gasteiger partial charge >= 0.3 is 0 Å². The van der Waals surface area contributed by atoms with Crippen LogP contribution in [-0.2, 0) is 0 Å². The Morgan fingerprint density at radius 2 is 2.05 bits per heavy atom. The number of nitrogens with one attached hydrogen (secondary N) is 1. The van der Waals surface area contributed by atoms with Crippen LogP contribution in [0.4, 0.5) is 11.1 Å². The number of rotatable bonds is 4. The van der Waals surface area contributed by atoms with Crippen LogP contribution in [0.15, 0.2) is 15.4 Å². The predicted octanol–water partition coefficient (Wildman–Crippen LogP) is 3.46. The Morgan fingerprint density at radius 1 is 1.24 bits per heavy atom. The summed E-state index contributed by atoms with van der Waals surface area (Å²) in [6.45, 7) is 0. The van der Waals surface area contributed by atoms with Crippen molar-refractivity contribution in [2.45, 2.75) is 47.5 Å². The molecule has 3 N–H and O–H groups in total. The molecule has 1 aliphatic rings. The van der Waals surface area contributed by atoms with E-state index in [1.54, 1.807) is 6.07 Å². The molecular formula is C12H15ClN6S2. The molecule has 0 aromatic carbocycles. The summed E-state index contributed by atoms with van der Waals surface area (Å²) in [6.07, 6.45) is 6.33. The first-order valence-corrected chi connectivity index (χ1v) is 8.78. The highest BCUT2D eigenvalue weighted by Crippen LogP contribution is 2.33. The molecule has 9 heteroatoms. The van der Waals surface area contributed by atoms with Crippen molar-refractivity contribution < 1.29 is 0 Å². The molecule has 2 aromatic rings. The lowest BCUT2D eigenvalue weighted by Crippen LogP contribution is -2.21. The van der Waals surface area contributed by atoms with Crippen molar-refractivity contribution in [2.75, 3.05) is 11.1 Å². The number of halogens is 1. The SMILES string of the molecule is Nc1nc(Cl)cc(Sc2nnc(NC3CCCCC3)s2)n1. The number of nitrogens with two attached hydrogens (primary N) is 1. The second kappa shape index (κ2) is 6.76. The Hall–Kier alpha value is -1.12. The van der Waals surface area contributed by atoms with Crippen molar-refractivity contribution >= 4 is 45.8 Å². The molecule has 21 heavy (non-hydrogen) atoms. The van der Waals surface area contributed by atoms with Crippen molar-refractivity contribution in [3.8, 4) is 0 Å². The number of aromatic nitrogens is 4. The van der Waals surface area contributed by atoms with Crippen LogP contribution in [0.2, 0.25) is 5.15 Å². The van der Waals surface area contributed by atoms with E-state index in [0.717, 1.165) is 9.47 Å². The summed E-state index contributed by atoms with van der Waals surface area (Å²) in [7, 11) is 0. The van der Waals surface area contributed by atoms with Crippen molar-refractivity contribution in [3.05, 3.63) is 11.2 Å². The topological polar surface area (TPSA) is 89.6 Å². The molecule has 0 aliphatic heterocycles. The molecule has 112 valence electrons. The van der Waals surface area contributed by atoms with Crippen LogP contribution in [-0.4, -0.2) is 26.2 Å². The van der Waals surface area contributed by atoms with Gasteiger partial charge in [-0.05, 0) is 24.6 Å². The molecule has 0 spiro atoms. The van der Waals surface area contributed by atoms with E-state index in [-0.39, 0.29) is 5.95 Å². The molecule has 2 aromatic heterocycles. The third-order valence-electron chi connectivity index (χ3n) is 3.22. The molecule has 1 saturated carbocycles. The summed E-state index contributed by atoms with van der Waals surface area (Å²) >= 11 is 8.77. The summed E-state index contributed by atoms with van der Waals surface area (Å²) < 4.78 is 0.808. The van der Waals surface area contributed by atoms with Gasteiger partial charge in [0.2, 0.25) is 11.1 Å². The van der Waals surface area contributed by atoms with E-state index in [9.17, 15) is 0 Å². The second-order valence-corrected chi connectivity index (χ2v) is 7.47. The smallest absolute Gasteiger partial charge is 0.222 e. The molecule has 0 amide bonds. The highest BCUT2D eigenvalue weighted by Gasteiger charge is 2.15. The fraction of sp³-hybridized carbons (Fsp3) is 0.500. The van der Waals surface area contributed by atoms with Crippen LogP contribution >= 0.6 is 34.7 Å². The minimum atomic E-state index is 0.162. The van der Waals surface area contributed by atoms with E-state index in [1.807, 2.05) is 0 Å². The number of nitrogens with zero attached hydrogens (tertiary/aromatic N) is 4. The van der Waals surface area contributed by atoms with Crippen LogP contribution in [0.5, 0.6) is 0 Å². The monoisotopic (exact) mass is 342 g/mol. The van der Waals surface area contributed by atoms with Gasteiger partial charge in [-0.3, -0.25) is 0 Å². The first-order valence-electron chi connectivity index (χ1n) is 6.77. The maximum atomic E-state index is 5.86. The number of hydrogen-bond acceptors (Lipinski definition) is 8. The van der Waals surface area contributed by atoms with Gasteiger partial charge in [0.05, 0.1) is 0 Å². The standard InChI is InChI=1S/C12H15ClN6S2/c13-8-6-9(17-10(14)16-8)20-12-19-18-11(21-12)15-7-4-2-1-3-5-7/h6-7H,1-5H2,(H,15,18)(H2,14,16,17). The number of nitrogen functional groups attached to an aromatic ring is 1. The molecule has 0 atom stereocenters. The van der Waals surface area contributed by atoms with E-state index >= 15 is 0 Å². The zero-order chi connectivity index (χ0) is 14.7. The Bertz CT molecular complexity index is 593. The Kier molecular flexibility index (Phi) is 4.77. The van der Waals surface area contributed by atoms with Gasteiger partial charge in [0.15, 0.2) is 4.34 Å². The minimum Gasteiger partial charge on any atom is -0.368 e. The van der Waals surface area contributed by atoms with Crippen LogP contribution in [0.1, 0.15) is 32.1 Å². The van der Waals surface area contributed by atoms with Crippen LogP contribution in [0.25, 0.3) is 0 Å². The maximum absolute atomic E-state index is 5.86. The maximum Gasteiger partial charge on any atom is 0.222 e. The van der Waals surface area contributed by atoms with E-state index in [1.165, 1.54) is 55.2 Å². The summed E-state index contributed by atoms with van der Waals surface area (Å²) in [5, 5.41) is 13.7. The molecule has 1 aliphatic carbocycles. The van der Waals surface area contributed by atoms with E-state index in [0.29, 0.717) is 16.2 Å². The first-order chi connectivity index (χ1) is 10.2. The fourth-order valence-electron chi connectivity index (χ4n) is 2.29. The zero-order valence-electron chi connectivity index (χ0n) is 11.3. The molecular weight excluding hydrogens is 328 g/mol. The number of anilines is 2. The van der Waals surface area contributed by atoms with Crippen molar-refractivity contribution in [2.24, 2.45) is 0 Å². The highest BCUT2D eigenvalue weighted by atomic mass is 35.5. The summed E-state index contributed by atoms with van der Waals surface area (Å²) in [5.74, 6) is 0.162. The lowest BCUT2D eigenvalue weighted by molar-refractivity contribution is 0.462. The quantitative estimate of drug-likeness (QED) is 0.822. The van der Waals surface area contributed by atoms with Crippen molar-refractivity contribution in [1.82, 2.24) is 20.2 Å². The van der Waals surface area contributed by atoms with Gasteiger partial charge in [-0.25, -0.2) is 9.97 Å². The predicted molar refractivity (Wildman–Crippen MR) is 86.0 cm³/mol. The summed E-state index contributed by atoms with van der Waals surface area (Å²) in [6, 6.07) is 2.19. The summed E-state index contributed by atoms with van der Waals surface area (Å²) in [5.41, 5.74) is 5.58. The second-order valence-electron chi connectivity index (χ2n) is 4.84. The van der Waals surface area contributed by atoms with Gasteiger partial charge < -0.3 is 11.1 Å². The Labute approximate surface area is 135 Å². The molecule has 6 nitrogen and oxygen atoms in total. The average Bonchev–Trinajstić information content (AvgIpc) is 2.86. The van der Waals surface area contributed by atoms with E-state index in [2.05, 4.69) is 25.5 Å². The van der Waals surface area contributed by atoms with Crippen molar-refractivity contribution in [1.29, 1.82) is 0 Å². The van der Waals surface area contributed by atoms with Crippen LogP contribution in [0.3, 0.4) is 0 Å². The Balaban J connectivity index is 1.64. The molecule has 1 fully saturated rings. The minimum absolute atomic E-state index is 0.162. The van der Waals surface area contributed by atoms with Gasteiger partial charge in [0.1, 0.15) is 10.2 Å². The normalized spacial score (nSPS) is 16.0. The van der Waals surface area contributed by atoms with E-state index < -0.39 is 0 Å². The molecule has 2 heterocycles. The molecule has 0 bridgehead atoms. The lowest BCUT2D eigenvalue weighted by atomic mass is 9.96. The fourth-order valence-corrected chi connectivity index (χ4v) is 4.33. The molecule has 0 unspecified atom stereocenters. The average molecular weight is 343 g/mol. The van der Waals surface area contributed by atoms with Crippen LogP contribution in [0, 0.1) is 0 Å². The Morgan fingerprint density at radius 3 is 2.81 bits per heavy atom. The lowest BCUT2D eigenvalue weighted by Gasteiger charge is -2.21. The largest absolute Gasteiger partial charge is 0.368 e. The van der Waals surface area contributed by atoms with Gasteiger partial charge in [-0.15, -0.1) is 10.2 Å². The third kappa shape index (κ3) is 4.18.